The Hall–Kier alpha value is -1.70. The maximum Gasteiger partial charge on any atom is 0.251 e. The van der Waals surface area contributed by atoms with Gasteiger partial charge in [0.2, 0.25) is 10.0 Å². The summed E-state index contributed by atoms with van der Waals surface area (Å²) < 4.78 is 26.2. The highest BCUT2D eigenvalue weighted by Gasteiger charge is 2.21. The summed E-state index contributed by atoms with van der Waals surface area (Å²) in [6.07, 6.45) is 3.02. The predicted molar refractivity (Wildman–Crippen MR) is 94.5 cm³/mol. The maximum atomic E-state index is 12.4. The average molecular weight is 351 g/mol. The molecule has 0 saturated heterocycles. The molecule has 1 aliphatic heterocycles. The molecule has 1 heterocycles. The largest absolute Gasteiger partial charge is 0.348 e. The lowest BCUT2D eigenvalue weighted by atomic mass is 10.1. The molecule has 0 fully saturated rings. The molecule has 1 aliphatic rings. The summed E-state index contributed by atoms with van der Waals surface area (Å²) in [5.74, 6) is -0.193. The Balaban J connectivity index is 2.03. The first-order valence-electron chi connectivity index (χ1n) is 8.26. The SMILES string of the molecule is CCN(CC)S(=O)(=O)c1ccc(C(=O)NCC2=CCNCC2)cc1. The molecule has 0 aliphatic carbocycles. The van der Waals surface area contributed by atoms with Gasteiger partial charge in [0, 0.05) is 31.7 Å². The first-order valence-corrected chi connectivity index (χ1v) is 9.70. The molecule has 1 aromatic rings. The second-order valence-electron chi connectivity index (χ2n) is 5.61. The molecule has 0 aromatic heterocycles. The number of hydrogen-bond donors (Lipinski definition) is 2. The Bertz CT molecular complexity index is 692. The first-order chi connectivity index (χ1) is 11.5. The standard InChI is InChI=1S/C17H25N3O3S/c1-3-20(4-2)24(22,23)16-7-5-15(6-8-16)17(21)19-13-14-9-11-18-12-10-14/h5-9,18H,3-4,10-13H2,1-2H3,(H,19,21). The van der Waals surface area contributed by atoms with Crippen molar-refractivity contribution in [1.29, 1.82) is 0 Å². The van der Waals surface area contributed by atoms with E-state index in [4.69, 9.17) is 0 Å². The lowest BCUT2D eigenvalue weighted by Gasteiger charge is -2.18. The van der Waals surface area contributed by atoms with Crippen LogP contribution in [0.25, 0.3) is 0 Å². The second kappa shape index (κ2) is 8.41. The average Bonchev–Trinajstić information content (AvgIpc) is 2.61. The van der Waals surface area contributed by atoms with Crippen molar-refractivity contribution in [3.8, 4) is 0 Å². The fraction of sp³-hybridized carbons (Fsp3) is 0.471. The highest BCUT2D eigenvalue weighted by Crippen LogP contribution is 2.16. The minimum Gasteiger partial charge on any atom is -0.348 e. The smallest absolute Gasteiger partial charge is 0.251 e. The monoisotopic (exact) mass is 351 g/mol. The molecule has 1 aromatic carbocycles. The van der Waals surface area contributed by atoms with Crippen molar-refractivity contribution >= 4 is 15.9 Å². The van der Waals surface area contributed by atoms with Crippen LogP contribution in [0.5, 0.6) is 0 Å². The molecular weight excluding hydrogens is 326 g/mol. The van der Waals surface area contributed by atoms with Crippen LogP contribution in [0.2, 0.25) is 0 Å². The maximum absolute atomic E-state index is 12.4. The first kappa shape index (κ1) is 18.6. The molecule has 2 rings (SSSR count). The van der Waals surface area contributed by atoms with Gasteiger partial charge >= 0.3 is 0 Å². The predicted octanol–water partition coefficient (Wildman–Crippen LogP) is 1.37. The van der Waals surface area contributed by atoms with E-state index in [0.717, 1.165) is 19.5 Å². The Morgan fingerprint density at radius 2 is 1.88 bits per heavy atom. The van der Waals surface area contributed by atoms with Crippen LogP contribution < -0.4 is 10.6 Å². The molecule has 7 heteroatoms. The van der Waals surface area contributed by atoms with Gasteiger partial charge in [0.25, 0.3) is 5.91 Å². The van der Waals surface area contributed by atoms with Crippen molar-refractivity contribution < 1.29 is 13.2 Å². The third-order valence-corrected chi connectivity index (χ3v) is 6.16. The number of carbonyl (C=O) groups excluding carboxylic acids is 1. The summed E-state index contributed by atoms with van der Waals surface area (Å²) in [5, 5.41) is 6.10. The summed E-state index contributed by atoms with van der Waals surface area (Å²) in [7, 11) is -3.49. The number of amides is 1. The van der Waals surface area contributed by atoms with Gasteiger partial charge in [-0.3, -0.25) is 4.79 Å². The molecule has 1 amide bonds. The summed E-state index contributed by atoms with van der Waals surface area (Å²) >= 11 is 0. The highest BCUT2D eigenvalue weighted by atomic mass is 32.2. The van der Waals surface area contributed by atoms with Crippen molar-refractivity contribution in [2.45, 2.75) is 25.2 Å². The molecule has 0 spiro atoms. The second-order valence-corrected chi connectivity index (χ2v) is 7.55. The number of nitrogens with one attached hydrogen (secondary N) is 2. The molecule has 0 bridgehead atoms. The number of hydrogen-bond acceptors (Lipinski definition) is 4. The molecule has 24 heavy (non-hydrogen) atoms. The summed E-state index contributed by atoms with van der Waals surface area (Å²) in [5.41, 5.74) is 1.67. The van der Waals surface area contributed by atoms with E-state index >= 15 is 0 Å². The molecule has 2 N–H and O–H groups in total. The minimum absolute atomic E-state index is 0.193. The fourth-order valence-corrected chi connectivity index (χ4v) is 4.07. The quantitative estimate of drug-likeness (QED) is 0.727. The van der Waals surface area contributed by atoms with Gasteiger partial charge in [-0.15, -0.1) is 0 Å². The number of rotatable bonds is 7. The minimum atomic E-state index is -3.49. The molecule has 0 unspecified atom stereocenters. The van der Waals surface area contributed by atoms with E-state index in [1.807, 2.05) is 0 Å². The van der Waals surface area contributed by atoms with Crippen molar-refractivity contribution in [2.75, 3.05) is 32.7 Å². The van der Waals surface area contributed by atoms with Crippen LogP contribution in [-0.4, -0.2) is 51.4 Å². The van der Waals surface area contributed by atoms with Crippen LogP contribution in [0.15, 0.2) is 40.8 Å². The normalized spacial score (nSPS) is 15.2. The van der Waals surface area contributed by atoms with Gasteiger partial charge in [-0.2, -0.15) is 4.31 Å². The molecule has 0 saturated carbocycles. The van der Waals surface area contributed by atoms with Crippen LogP contribution in [0.4, 0.5) is 0 Å². The summed E-state index contributed by atoms with van der Waals surface area (Å²) in [6.45, 7) is 6.75. The van der Waals surface area contributed by atoms with Gasteiger partial charge in [0.05, 0.1) is 4.90 Å². The lowest BCUT2D eigenvalue weighted by molar-refractivity contribution is 0.0956. The van der Waals surface area contributed by atoms with Crippen molar-refractivity contribution in [3.05, 3.63) is 41.5 Å². The van der Waals surface area contributed by atoms with E-state index in [9.17, 15) is 13.2 Å². The zero-order chi connectivity index (χ0) is 17.6. The van der Waals surface area contributed by atoms with E-state index in [2.05, 4.69) is 16.7 Å². The number of sulfonamides is 1. The topological polar surface area (TPSA) is 78.5 Å². The molecule has 132 valence electrons. The fourth-order valence-electron chi connectivity index (χ4n) is 2.62. The van der Waals surface area contributed by atoms with Crippen LogP contribution >= 0.6 is 0 Å². The van der Waals surface area contributed by atoms with Gasteiger partial charge in [-0.25, -0.2) is 8.42 Å². The molecule has 0 atom stereocenters. The zero-order valence-electron chi connectivity index (χ0n) is 14.2. The Morgan fingerprint density at radius 3 is 2.42 bits per heavy atom. The lowest BCUT2D eigenvalue weighted by Crippen LogP contribution is -2.31. The Morgan fingerprint density at radius 1 is 1.21 bits per heavy atom. The third-order valence-electron chi connectivity index (χ3n) is 4.09. The van der Waals surface area contributed by atoms with E-state index in [1.54, 1.807) is 26.0 Å². The molecule has 6 nitrogen and oxygen atoms in total. The number of carbonyl (C=O) groups is 1. The molecular formula is C17H25N3O3S. The summed E-state index contributed by atoms with van der Waals surface area (Å²) in [4.78, 5) is 12.4. The van der Waals surface area contributed by atoms with Crippen molar-refractivity contribution in [1.82, 2.24) is 14.9 Å². The third kappa shape index (κ3) is 4.43. The van der Waals surface area contributed by atoms with Gasteiger partial charge in [0.15, 0.2) is 0 Å². The van der Waals surface area contributed by atoms with E-state index < -0.39 is 10.0 Å². The van der Waals surface area contributed by atoms with E-state index in [1.165, 1.54) is 22.0 Å². The number of nitrogens with zero attached hydrogens (tertiary/aromatic N) is 1. The van der Waals surface area contributed by atoms with Crippen LogP contribution in [0.1, 0.15) is 30.6 Å². The van der Waals surface area contributed by atoms with Gasteiger partial charge in [-0.05, 0) is 37.2 Å². The van der Waals surface area contributed by atoms with Crippen LogP contribution in [0, 0.1) is 0 Å². The van der Waals surface area contributed by atoms with Gasteiger partial charge in [-0.1, -0.05) is 25.5 Å². The van der Waals surface area contributed by atoms with Crippen molar-refractivity contribution in [3.63, 3.8) is 0 Å². The van der Waals surface area contributed by atoms with Crippen LogP contribution in [0.3, 0.4) is 0 Å². The number of benzene rings is 1. The molecule has 0 radical (unpaired) electrons. The van der Waals surface area contributed by atoms with Crippen molar-refractivity contribution in [2.24, 2.45) is 0 Å². The zero-order valence-corrected chi connectivity index (χ0v) is 15.0. The Labute approximate surface area is 144 Å². The van der Waals surface area contributed by atoms with Gasteiger partial charge < -0.3 is 10.6 Å². The van der Waals surface area contributed by atoms with E-state index in [-0.39, 0.29) is 10.8 Å². The van der Waals surface area contributed by atoms with Crippen LogP contribution in [-0.2, 0) is 10.0 Å². The van der Waals surface area contributed by atoms with Gasteiger partial charge in [0.1, 0.15) is 0 Å². The Kier molecular flexibility index (Phi) is 6.53. The summed E-state index contributed by atoms with van der Waals surface area (Å²) in [6, 6.07) is 6.10. The van der Waals surface area contributed by atoms with E-state index in [0.29, 0.717) is 25.2 Å². The highest BCUT2D eigenvalue weighted by molar-refractivity contribution is 7.89.